The molecule has 60 valence electrons. The molecule has 1 heterocycles. The summed E-state index contributed by atoms with van der Waals surface area (Å²) in [5.41, 5.74) is 0.291. The van der Waals surface area contributed by atoms with Gasteiger partial charge in [0.05, 0.1) is 0 Å². The Hall–Kier alpha value is -0.0800. The van der Waals surface area contributed by atoms with Gasteiger partial charge in [0.2, 0.25) is 0 Å². The molecule has 0 spiro atoms. The molecule has 2 nitrogen and oxygen atoms in total. The minimum atomic E-state index is 0.291. The summed E-state index contributed by atoms with van der Waals surface area (Å²) >= 11 is 0. The van der Waals surface area contributed by atoms with Gasteiger partial charge in [0.15, 0.2) is 0 Å². The van der Waals surface area contributed by atoms with Crippen LogP contribution >= 0.6 is 0 Å². The molecule has 0 bridgehead atoms. The van der Waals surface area contributed by atoms with Gasteiger partial charge in [-0.3, -0.25) is 0 Å². The fourth-order valence-electron chi connectivity index (χ4n) is 1.46. The summed E-state index contributed by atoms with van der Waals surface area (Å²) in [5, 5.41) is 6.99. The van der Waals surface area contributed by atoms with Gasteiger partial charge in [-0.15, -0.1) is 0 Å². The number of hydrogen-bond acceptors (Lipinski definition) is 2. The molecule has 0 unspecified atom stereocenters. The Labute approximate surface area is 63.4 Å². The second-order valence-electron chi connectivity index (χ2n) is 3.76. The molecule has 0 saturated carbocycles. The summed E-state index contributed by atoms with van der Waals surface area (Å²) in [5.74, 6) is 0. The third kappa shape index (κ3) is 1.96. The zero-order valence-electron chi connectivity index (χ0n) is 7.20. The van der Waals surface area contributed by atoms with Crippen LogP contribution in [0.25, 0.3) is 0 Å². The molecule has 0 aromatic carbocycles. The molecular weight excluding hydrogens is 124 g/mol. The fraction of sp³-hybridized carbons (Fsp3) is 1.00. The van der Waals surface area contributed by atoms with Gasteiger partial charge in [-0.1, -0.05) is 6.92 Å². The van der Waals surface area contributed by atoms with Crippen molar-refractivity contribution in [2.24, 2.45) is 0 Å². The molecule has 1 atom stereocenters. The van der Waals surface area contributed by atoms with Crippen LogP contribution in [0.5, 0.6) is 0 Å². The quantitative estimate of drug-likeness (QED) is 0.564. The van der Waals surface area contributed by atoms with Gasteiger partial charge >= 0.3 is 0 Å². The minimum Gasteiger partial charge on any atom is -0.313 e. The Balaban J connectivity index is 2.40. The van der Waals surface area contributed by atoms with Crippen molar-refractivity contribution >= 4 is 0 Å². The van der Waals surface area contributed by atoms with E-state index in [1.54, 1.807) is 0 Å². The summed E-state index contributed by atoms with van der Waals surface area (Å²) in [6, 6.07) is 0.670. The minimum absolute atomic E-state index is 0.291. The summed E-state index contributed by atoms with van der Waals surface area (Å²) < 4.78 is 0. The molecule has 0 amide bonds. The van der Waals surface area contributed by atoms with Crippen molar-refractivity contribution in [1.29, 1.82) is 0 Å². The SMILES string of the molecule is CC[C@H]1CNCC(C)(C)N1. The Morgan fingerprint density at radius 2 is 2.20 bits per heavy atom. The van der Waals surface area contributed by atoms with E-state index in [-0.39, 0.29) is 0 Å². The van der Waals surface area contributed by atoms with Gasteiger partial charge < -0.3 is 10.6 Å². The van der Waals surface area contributed by atoms with E-state index in [0.29, 0.717) is 11.6 Å². The lowest BCUT2D eigenvalue weighted by Crippen LogP contribution is -2.60. The highest BCUT2D eigenvalue weighted by Gasteiger charge is 2.24. The van der Waals surface area contributed by atoms with Gasteiger partial charge in [-0.2, -0.15) is 0 Å². The third-order valence-corrected chi connectivity index (χ3v) is 2.05. The van der Waals surface area contributed by atoms with E-state index in [9.17, 15) is 0 Å². The summed E-state index contributed by atoms with van der Waals surface area (Å²) in [6.45, 7) is 8.91. The Kier molecular flexibility index (Phi) is 2.32. The Morgan fingerprint density at radius 3 is 2.60 bits per heavy atom. The van der Waals surface area contributed by atoms with E-state index < -0.39 is 0 Å². The first kappa shape index (κ1) is 8.02. The van der Waals surface area contributed by atoms with Crippen molar-refractivity contribution in [1.82, 2.24) is 10.6 Å². The van der Waals surface area contributed by atoms with Crippen LogP contribution in [0.2, 0.25) is 0 Å². The first-order valence-electron chi connectivity index (χ1n) is 4.12. The van der Waals surface area contributed by atoms with Crippen molar-refractivity contribution in [3.05, 3.63) is 0 Å². The van der Waals surface area contributed by atoms with Crippen LogP contribution in [0.3, 0.4) is 0 Å². The molecule has 2 N–H and O–H groups in total. The van der Waals surface area contributed by atoms with Crippen LogP contribution in [-0.4, -0.2) is 24.7 Å². The maximum Gasteiger partial charge on any atom is 0.0252 e. The molecule has 1 aliphatic rings. The highest BCUT2D eigenvalue weighted by Crippen LogP contribution is 2.07. The monoisotopic (exact) mass is 142 g/mol. The van der Waals surface area contributed by atoms with E-state index in [1.165, 1.54) is 6.42 Å². The molecule has 1 rings (SSSR count). The molecule has 0 aliphatic carbocycles. The van der Waals surface area contributed by atoms with Gasteiger partial charge in [0, 0.05) is 24.7 Å². The lowest BCUT2D eigenvalue weighted by Gasteiger charge is -2.37. The normalized spacial score (nSPS) is 32.1. The van der Waals surface area contributed by atoms with Crippen molar-refractivity contribution in [3.8, 4) is 0 Å². The second kappa shape index (κ2) is 2.89. The molecule has 0 radical (unpaired) electrons. The maximum atomic E-state index is 3.58. The second-order valence-corrected chi connectivity index (χ2v) is 3.76. The first-order valence-corrected chi connectivity index (χ1v) is 4.12. The number of piperazine rings is 1. The summed E-state index contributed by atoms with van der Waals surface area (Å²) in [4.78, 5) is 0. The Bertz CT molecular complexity index is 110. The predicted molar refractivity (Wildman–Crippen MR) is 44.2 cm³/mol. The van der Waals surface area contributed by atoms with Crippen LogP contribution in [0.4, 0.5) is 0 Å². The summed E-state index contributed by atoms with van der Waals surface area (Å²) in [6.07, 6.45) is 1.22. The molecule has 0 aromatic heterocycles. The van der Waals surface area contributed by atoms with Gasteiger partial charge in [0.1, 0.15) is 0 Å². The molecule has 1 fully saturated rings. The van der Waals surface area contributed by atoms with E-state index in [0.717, 1.165) is 13.1 Å². The van der Waals surface area contributed by atoms with Crippen molar-refractivity contribution in [2.75, 3.05) is 13.1 Å². The van der Waals surface area contributed by atoms with E-state index in [2.05, 4.69) is 31.4 Å². The van der Waals surface area contributed by atoms with Crippen LogP contribution in [-0.2, 0) is 0 Å². The number of rotatable bonds is 1. The van der Waals surface area contributed by atoms with Crippen LogP contribution < -0.4 is 10.6 Å². The van der Waals surface area contributed by atoms with Gasteiger partial charge in [-0.05, 0) is 20.3 Å². The van der Waals surface area contributed by atoms with Crippen molar-refractivity contribution in [3.63, 3.8) is 0 Å². The number of nitrogens with one attached hydrogen (secondary N) is 2. The Morgan fingerprint density at radius 1 is 1.50 bits per heavy atom. The maximum absolute atomic E-state index is 3.58. The van der Waals surface area contributed by atoms with Crippen molar-refractivity contribution < 1.29 is 0 Å². The molecule has 0 aromatic rings. The largest absolute Gasteiger partial charge is 0.313 e. The van der Waals surface area contributed by atoms with Gasteiger partial charge in [0.25, 0.3) is 0 Å². The van der Waals surface area contributed by atoms with Crippen LogP contribution in [0, 0.1) is 0 Å². The molecule has 1 aliphatic heterocycles. The van der Waals surface area contributed by atoms with Gasteiger partial charge in [-0.25, -0.2) is 0 Å². The highest BCUT2D eigenvalue weighted by atomic mass is 15.1. The van der Waals surface area contributed by atoms with Crippen molar-refractivity contribution in [2.45, 2.75) is 38.8 Å². The average molecular weight is 142 g/mol. The van der Waals surface area contributed by atoms with E-state index in [1.807, 2.05) is 0 Å². The summed E-state index contributed by atoms with van der Waals surface area (Å²) in [7, 11) is 0. The topological polar surface area (TPSA) is 24.1 Å². The van der Waals surface area contributed by atoms with E-state index >= 15 is 0 Å². The highest BCUT2D eigenvalue weighted by molar-refractivity contribution is 4.89. The average Bonchev–Trinajstić information content (AvgIpc) is 1.86. The first-order chi connectivity index (χ1) is 4.64. The molecule has 2 heteroatoms. The third-order valence-electron chi connectivity index (χ3n) is 2.05. The standard InChI is InChI=1S/C8H18N2/c1-4-7-5-9-6-8(2,3)10-7/h7,9-10H,4-6H2,1-3H3/t7-/m0/s1. The zero-order valence-corrected chi connectivity index (χ0v) is 7.20. The molecule has 10 heavy (non-hydrogen) atoms. The van der Waals surface area contributed by atoms with Crippen LogP contribution in [0.1, 0.15) is 27.2 Å². The smallest absolute Gasteiger partial charge is 0.0252 e. The molecule has 1 saturated heterocycles. The number of hydrogen-bond donors (Lipinski definition) is 2. The predicted octanol–water partition coefficient (Wildman–Crippen LogP) is 0.736. The lowest BCUT2D eigenvalue weighted by molar-refractivity contribution is 0.258. The fourth-order valence-corrected chi connectivity index (χ4v) is 1.46. The van der Waals surface area contributed by atoms with Crippen LogP contribution in [0.15, 0.2) is 0 Å². The lowest BCUT2D eigenvalue weighted by atomic mass is 9.99. The molecular formula is C8H18N2. The van der Waals surface area contributed by atoms with E-state index in [4.69, 9.17) is 0 Å². The zero-order chi connectivity index (χ0) is 7.61.